The van der Waals surface area contributed by atoms with E-state index in [2.05, 4.69) is 6.58 Å². The Morgan fingerprint density at radius 3 is 2.53 bits per heavy atom. The number of amides is 1. The molecular formula is C22H20ClNO4S2. The number of carbonyl (C=O) groups excluding carboxylic acids is 1. The molecule has 1 heterocycles. The van der Waals surface area contributed by atoms with Crippen LogP contribution >= 0.6 is 35.6 Å². The van der Waals surface area contributed by atoms with E-state index in [9.17, 15) is 4.79 Å². The van der Waals surface area contributed by atoms with Gasteiger partial charge < -0.3 is 14.2 Å². The van der Waals surface area contributed by atoms with Crippen molar-refractivity contribution in [1.82, 2.24) is 4.90 Å². The van der Waals surface area contributed by atoms with Gasteiger partial charge in [-0.2, -0.15) is 0 Å². The predicted molar refractivity (Wildman–Crippen MR) is 126 cm³/mol. The van der Waals surface area contributed by atoms with E-state index >= 15 is 0 Å². The third kappa shape index (κ3) is 5.56. The zero-order valence-corrected chi connectivity index (χ0v) is 18.7. The Kier molecular flexibility index (Phi) is 7.79. The summed E-state index contributed by atoms with van der Waals surface area (Å²) in [5.41, 5.74) is 0.700. The third-order valence-electron chi connectivity index (χ3n) is 4.11. The second kappa shape index (κ2) is 10.5. The van der Waals surface area contributed by atoms with Crippen molar-refractivity contribution in [2.45, 2.75) is 0 Å². The maximum absolute atomic E-state index is 12.6. The van der Waals surface area contributed by atoms with E-state index < -0.39 is 0 Å². The molecule has 1 aliphatic heterocycles. The molecule has 3 rings (SSSR count). The van der Waals surface area contributed by atoms with Gasteiger partial charge in [0.15, 0.2) is 0 Å². The van der Waals surface area contributed by atoms with Crippen molar-refractivity contribution in [2.75, 3.05) is 26.9 Å². The molecule has 30 heavy (non-hydrogen) atoms. The molecule has 0 unspecified atom stereocenters. The molecule has 0 radical (unpaired) electrons. The van der Waals surface area contributed by atoms with Crippen LogP contribution in [0.25, 0.3) is 6.08 Å². The fourth-order valence-electron chi connectivity index (χ4n) is 2.67. The Bertz CT molecular complexity index is 976. The predicted octanol–water partition coefficient (Wildman–Crippen LogP) is 5.19. The first-order valence-electron chi connectivity index (χ1n) is 9.07. The molecule has 2 aromatic carbocycles. The molecule has 0 aliphatic carbocycles. The van der Waals surface area contributed by atoms with Gasteiger partial charge >= 0.3 is 0 Å². The Balaban J connectivity index is 1.66. The van der Waals surface area contributed by atoms with E-state index in [0.29, 0.717) is 45.3 Å². The lowest BCUT2D eigenvalue weighted by Crippen LogP contribution is -2.27. The Labute approximate surface area is 190 Å². The van der Waals surface area contributed by atoms with Crippen molar-refractivity contribution in [1.29, 1.82) is 0 Å². The molecule has 1 amide bonds. The number of hydrogen-bond donors (Lipinski definition) is 0. The number of methoxy groups -OCH3 is 1. The van der Waals surface area contributed by atoms with Gasteiger partial charge in [0, 0.05) is 17.1 Å². The van der Waals surface area contributed by atoms with Crippen molar-refractivity contribution >= 4 is 51.9 Å². The van der Waals surface area contributed by atoms with Gasteiger partial charge in [0.2, 0.25) is 0 Å². The lowest BCUT2D eigenvalue weighted by molar-refractivity contribution is -0.121. The molecule has 0 saturated carbocycles. The first kappa shape index (κ1) is 22.2. The molecule has 0 aromatic heterocycles. The normalized spacial score (nSPS) is 14.9. The van der Waals surface area contributed by atoms with Crippen LogP contribution in [0, 0.1) is 0 Å². The number of hydrogen-bond acceptors (Lipinski definition) is 6. The summed E-state index contributed by atoms with van der Waals surface area (Å²) in [6.45, 7) is 4.72. The van der Waals surface area contributed by atoms with Gasteiger partial charge in [0.25, 0.3) is 5.91 Å². The highest BCUT2D eigenvalue weighted by Gasteiger charge is 2.31. The lowest BCUT2D eigenvalue weighted by Gasteiger charge is -2.12. The van der Waals surface area contributed by atoms with Crippen molar-refractivity contribution in [2.24, 2.45) is 0 Å². The summed E-state index contributed by atoms with van der Waals surface area (Å²) in [4.78, 5) is 14.6. The van der Waals surface area contributed by atoms with Crippen molar-refractivity contribution in [3.05, 3.63) is 70.6 Å². The summed E-state index contributed by atoms with van der Waals surface area (Å²) in [7, 11) is 1.62. The molecule has 0 N–H and O–H groups in total. The smallest absolute Gasteiger partial charge is 0.266 e. The van der Waals surface area contributed by atoms with E-state index in [-0.39, 0.29) is 5.91 Å². The molecule has 0 atom stereocenters. The average Bonchev–Trinajstić information content (AvgIpc) is 3.00. The van der Waals surface area contributed by atoms with Crippen LogP contribution in [0.1, 0.15) is 5.56 Å². The molecule has 0 bridgehead atoms. The minimum Gasteiger partial charge on any atom is -0.497 e. The topological polar surface area (TPSA) is 48.0 Å². The van der Waals surface area contributed by atoms with Crippen LogP contribution < -0.4 is 14.2 Å². The zero-order valence-electron chi connectivity index (χ0n) is 16.3. The van der Waals surface area contributed by atoms with Crippen LogP contribution in [0.15, 0.2) is 60.0 Å². The third-order valence-corrected chi connectivity index (χ3v) is 5.73. The summed E-state index contributed by atoms with van der Waals surface area (Å²) in [5, 5.41) is 0.546. The fraction of sp³-hybridized carbons (Fsp3) is 0.182. The van der Waals surface area contributed by atoms with Crippen LogP contribution in [0.4, 0.5) is 0 Å². The Hall–Kier alpha value is -2.48. The molecular weight excluding hydrogens is 442 g/mol. The number of ether oxygens (including phenoxy) is 3. The largest absolute Gasteiger partial charge is 0.497 e. The van der Waals surface area contributed by atoms with Gasteiger partial charge in [-0.3, -0.25) is 9.69 Å². The van der Waals surface area contributed by atoms with Crippen LogP contribution in [-0.4, -0.2) is 42.0 Å². The van der Waals surface area contributed by atoms with Crippen LogP contribution in [0.5, 0.6) is 17.2 Å². The average molecular weight is 462 g/mol. The number of carbonyl (C=O) groups is 1. The minimum atomic E-state index is -0.154. The summed E-state index contributed by atoms with van der Waals surface area (Å²) in [6, 6.07) is 12.6. The second-order valence-electron chi connectivity index (χ2n) is 6.14. The maximum Gasteiger partial charge on any atom is 0.266 e. The van der Waals surface area contributed by atoms with Gasteiger partial charge in [0.1, 0.15) is 34.8 Å². The molecule has 5 nitrogen and oxygen atoms in total. The summed E-state index contributed by atoms with van der Waals surface area (Å²) >= 11 is 12.7. The van der Waals surface area contributed by atoms with Crippen LogP contribution in [-0.2, 0) is 4.79 Å². The molecule has 0 spiro atoms. The highest BCUT2D eigenvalue weighted by atomic mass is 35.5. The van der Waals surface area contributed by atoms with E-state index in [4.69, 9.17) is 38.0 Å². The zero-order chi connectivity index (χ0) is 21.5. The van der Waals surface area contributed by atoms with Crippen molar-refractivity contribution in [3.63, 3.8) is 0 Å². The number of rotatable bonds is 9. The van der Waals surface area contributed by atoms with Crippen molar-refractivity contribution in [3.8, 4) is 17.2 Å². The highest BCUT2D eigenvalue weighted by Crippen LogP contribution is 2.35. The van der Waals surface area contributed by atoms with Crippen LogP contribution in [0.3, 0.4) is 0 Å². The summed E-state index contributed by atoms with van der Waals surface area (Å²) in [6.07, 6.45) is 3.39. The van der Waals surface area contributed by atoms with E-state index in [0.717, 1.165) is 11.5 Å². The monoisotopic (exact) mass is 461 g/mol. The first-order valence-corrected chi connectivity index (χ1v) is 10.7. The molecule has 8 heteroatoms. The molecule has 1 aliphatic rings. The molecule has 1 fully saturated rings. The van der Waals surface area contributed by atoms with Gasteiger partial charge in [-0.1, -0.05) is 41.7 Å². The van der Waals surface area contributed by atoms with Crippen LogP contribution in [0.2, 0.25) is 5.02 Å². The van der Waals surface area contributed by atoms with E-state index in [1.54, 1.807) is 37.5 Å². The van der Waals surface area contributed by atoms with E-state index in [1.165, 1.54) is 16.7 Å². The van der Waals surface area contributed by atoms with E-state index in [1.807, 2.05) is 24.3 Å². The minimum absolute atomic E-state index is 0.154. The highest BCUT2D eigenvalue weighted by molar-refractivity contribution is 8.26. The Morgan fingerprint density at radius 1 is 1.13 bits per heavy atom. The Morgan fingerprint density at radius 2 is 1.83 bits per heavy atom. The number of benzene rings is 2. The number of halogens is 1. The second-order valence-corrected chi connectivity index (χ2v) is 8.25. The van der Waals surface area contributed by atoms with Gasteiger partial charge in [-0.25, -0.2) is 0 Å². The van der Waals surface area contributed by atoms with Gasteiger partial charge in [0.05, 0.1) is 12.0 Å². The molecule has 2 aromatic rings. The number of thiocarbonyl (C=S) groups is 1. The standard InChI is InChI=1S/C22H20ClNO4S2/c1-3-10-24-21(25)20(30-22(24)29)14-15-13-16(23)4-9-19(15)28-12-11-27-18-7-5-17(26-2)6-8-18/h3-9,13-14H,1,10-12H2,2H3. The summed E-state index contributed by atoms with van der Waals surface area (Å²) in [5.74, 6) is 1.94. The first-order chi connectivity index (χ1) is 14.5. The maximum atomic E-state index is 12.6. The molecule has 156 valence electrons. The summed E-state index contributed by atoms with van der Waals surface area (Å²) < 4.78 is 17.2. The number of thioether (sulfide) groups is 1. The van der Waals surface area contributed by atoms with Gasteiger partial charge in [-0.15, -0.1) is 6.58 Å². The fourth-order valence-corrected chi connectivity index (χ4v) is 4.12. The van der Waals surface area contributed by atoms with Crippen molar-refractivity contribution < 1.29 is 19.0 Å². The SMILES string of the molecule is C=CCN1C(=O)C(=Cc2cc(Cl)ccc2OCCOc2ccc(OC)cc2)SC1=S. The quantitative estimate of drug-likeness (QED) is 0.221. The number of nitrogens with zero attached hydrogens (tertiary/aromatic N) is 1. The lowest BCUT2D eigenvalue weighted by atomic mass is 10.2. The van der Waals surface area contributed by atoms with Gasteiger partial charge in [-0.05, 0) is 48.5 Å². The molecule has 1 saturated heterocycles.